The standard InChI is InChI=1S/C11H24N2/c1-8-9(2)13(7)10(12(8)6)11(3,4)5/h8-10H,1-7H3. The predicted molar refractivity (Wildman–Crippen MR) is 57.7 cm³/mol. The van der Waals surface area contributed by atoms with Crippen LogP contribution in [0.4, 0.5) is 0 Å². The summed E-state index contributed by atoms with van der Waals surface area (Å²) in [5, 5.41) is 0. The highest BCUT2D eigenvalue weighted by Gasteiger charge is 2.43. The molecule has 1 aliphatic rings. The number of hydrogen-bond acceptors (Lipinski definition) is 2. The molecule has 1 fully saturated rings. The maximum Gasteiger partial charge on any atom is 0.0673 e. The summed E-state index contributed by atoms with van der Waals surface area (Å²) in [6.45, 7) is 11.6. The van der Waals surface area contributed by atoms with Crippen molar-refractivity contribution < 1.29 is 0 Å². The van der Waals surface area contributed by atoms with Crippen LogP contribution < -0.4 is 0 Å². The first kappa shape index (κ1) is 11.0. The molecule has 1 saturated heterocycles. The van der Waals surface area contributed by atoms with Crippen molar-refractivity contribution >= 4 is 0 Å². The Hall–Kier alpha value is -0.0800. The summed E-state index contributed by atoms with van der Waals surface area (Å²) in [5.41, 5.74) is 0.336. The molecule has 0 aliphatic carbocycles. The molecule has 0 aromatic rings. The Morgan fingerprint density at radius 3 is 1.31 bits per heavy atom. The molecule has 1 rings (SSSR count). The van der Waals surface area contributed by atoms with E-state index in [0.717, 1.165) is 0 Å². The van der Waals surface area contributed by atoms with Gasteiger partial charge in [0.05, 0.1) is 6.17 Å². The molecule has 2 heteroatoms. The molecule has 0 amide bonds. The fraction of sp³-hybridized carbons (Fsp3) is 1.00. The largest absolute Gasteiger partial charge is 0.286 e. The molecule has 0 aromatic heterocycles. The van der Waals surface area contributed by atoms with E-state index in [4.69, 9.17) is 0 Å². The first-order valence-corrected chi connectivity index (χ1v) is 5.20. The van der Waals surface area contributed by atoms with Crippen LogP contribution in [0.2, 0.25) is 0 Å². The molecule has 0 bridgehead atoms. The van der Waals surface area contributed by atoms with Gasteiger partial charge in [-0.05, 0) is 33.4 Å². The minimum atomic E-state index is 0.336. The quantitative estimate of drug-likeness (QED) is 0.568. The Bertz CT molecular complexity index is 169. The molecule has 2 unspecified atom stereocenters. The van der Waals surface area contributed by atoms with Crippen molar-refractivity contribution in [2.45, 2.75) is 52.9 Å². The van der Waals surface area contributed by atoms with Crippen LogP contribution in [-0.2, 0) is 0 Å². The lowest BCUT2D eigenvalue weighted by molar-refractivity contribution is 0.0568. The third-order valence-corrected chi connectivity index (χ3v) is 3.53. The van der Waals surface area contributed by atoms with Gasteiger partial charge in [0.15, 0.2) is 0 Å². The van der Waals surface area contributed by atoms with E-state index in [2.05, 4.69) is 58.5 Å². The Labute approximate surface area is 82.9 Å². The van der Waals surface area contributed by atoms with Crippen LogP contribution in [-0.4, -0.2) is 42.1 Å². The molecular formula is C11H24N2. The summed E-state index contributed by atoms with van der Waals surface area (Å²) in [6, 6.07) is 1.32. The van der Waals surface area contributed by atoms with Crippen molar-refractivity contribution in [3.63, 3.8) is 0 Å². The van der Waals surface area contributed by atoms with Crippen molar-refractivity contribution in [3.05, 3.63) is 0 Å². The zero-order valence-corrected chi connectivity index (χ0v) is 10.1. The van der Waals surface area contributed by atoms with E-state index >= 15 is 0 Å². The molecule has 2 nitrogen and oxygen atoms in total. The SMILES string of the molecule is CC1C(C)N(C)C(C(C)(C)C)N1C. The fourth-order valence-corrected chi connectivity index (χ4v) is 2.64. The third kappa shape index (κ3) is 1.75. The second-order valence-corrected chi connectivity index (χ2v) is 5.55. The summed E-state index contributed by atoms with van der Waals surface area (Å²) in [4.78, 5) is 4.98. The van der Waals surface area contributed by atoms with Crippen LogP contribution in [0, 0.1) is 5.41 Å². The highest BCUT2D eigenvalue weighted by molar-refractivity contribution is 4.95. The van der Waals surface area contributed by atoms with Gasteiger partial charge in [0, 0.05) is 12.1 Å². The molecule has 1 aliphatic heterocycles. The molecular weight excluding hydrogens is 160 g/mol. The molecule has 0 saturated carbocycles. The first-order valence-electron chi connectivity index (χ1n) is 5.20. The maximum absolute atomic E-state index is 2.49. The van der Waals surface area contributed by atoms with Gasteiger partial charge in [-0.3, -0.25) is 9.80 Å². The summed E-state index contributed by atoms with van der Waals surface area (Å²) in [6.07, 6.45) is 0.567. The summed E-state index contributed by atoms with van der Waals surface area (Å²) in [5.74, 6) is 0. The Morgan fingerprint density at radius 2 is 1.15 bits per heavy atom. The van der Waals surface area contributed by atoms with E-state index in [1.165, 1.54) is 0 Å². The summed E-state index contributed by atoms with van der Waals surface area (Å²) < 4.78 is 0. The Kier molecular flexibility index (Phi) is 2.75. The lowest BCUT2D eigenvalue weighted by Crippen LogP contribution is -2.46. The molecule has 1 heterocycles. The number of likely N-dealkylation sites (N-methyl/N-ethyl adjacent to an activating group) is 2. The van der Waals surface area contributed by atoms with Crippen LogP contribution in [0.15, 0.2) is 0 Å². The average Bonchev–Trinajstić information content (AvgIpc) is 2.14. The lowest BCUT2D eigenvalue weighted by atomic mass is 9.91. The van der Waals surface area contributed by atoms with Gasteiger partial charge in [0.1, 0.15) is 0 Å². The molecule has 0 aromatic carbocycles. The average molecular weight is 184 g/mol. The van der Waals surface area contributed by atoms with E-state index in [9.17, 15) is 0 Å². The molecule has 0 radical (unpaired) electrons. The molecule has 2 atom stereocenters. The first-order chi connectivity index (χ1) is 5.76. The van der Waals surface area contributed by atoms with Gasteiger partial charge in [-0.1, -0.05) is 20.8 Å². The summed E-state index contributed by atoms with van der Waals surface area (Å²) >= 11 is 0. The zero-order chi connectivity index (χ0) is 10.4. The number of rotatable bonds is 0. The van der Waals surface area contributed by atoms with E-state index in [1.54, 1.807) is 0 Å². The molecule has 0 spiro atoms. The normalized spacial score (nSPS) is 38.5. The van der Waals surface area contributed by atoms with Crippen LogP contribution in [0.1, 0.15) is 34.6 Å². The van der Waals surface area contributed by atoms with Gasteiger partial charge in [-0.2, -0.15) is 0 Å². The molecule has 78 valence electrons. The van der Waals surface area contributed by atoms with Gasteiger partial charge < -0.3 is 0 Å². The Balaban J connectivity index is 2.88. The maximum atomic E-state index is 2.49. The third-order valence-electron chi connectivity index (χ3n) is 3.53. The second-order valence-electron chi connectivity index (χ2n) is 5.55. The minimum absolute atomic E-state index is 0.336. The monoisotopic (exact) mass is 184 g/mol. The molecule has 0 N–H and O–H groups in total. The van der Waals surface area contributed by atoms with Crippen LogP contribution in [0.3, 0.4) is 0 Å². The van der Waals surface area contributed by atoms with Gasteiger partial charge >= 0.3 is 0 Å². The van der Waals surface area contributed by atoms with Crippen molar-refractivity contribution in [2.24, 2.45) is 5.41 Å². The van der Waals surface area contributed by atoms with E-state index < -0.39 is 0 Å². The fourth-order valence-electron chi connectivity index (χ4n) is 2.64. The van der Waals surface area contributed by atoms with Crippen molar-refractivity contribution in [1.82, 2.24) is 9.80 Å². The smallest absolute Gasteiger partial charge is 0.0673 e. The van der Waals surface area contributed by atoms with E-state index in [0.29, 0.717) is 23.7 Å². The van der Waals surface area contributed by atoms with Gasteiger partial charge in [0.25, 0.3) is 0 Å². The van der Waals surface area contributed by atoms with E-state index in [-0.39, 0.29) is 0 Å². The van der Waals surface area contributed by atoms with Gasteiger partial charge in [0.2, 0.25) is 0 Å². The van der Waals surface area contributed by atoms with Crippen LogP contribution in [0.25, 0.3) is 0 Å². The van der Waals surface area contributed by atoms with Gasteiger partial charge in [-0.25, -0.2) is 0 Å². The van der Waals surface area contributed by atoms with Crippen LogP contribution in [0.5, 0.6) is 0 Å². The highest BCUT2D eigenvalue weighted by Crippen LogP contribution is 2.34. The number of nitrogens with zero attached hydrogens (tertiary/aromatic N) is 2. The Morgan fingerprint density at radius 1 is 0.846 bits per heavy atom. The lowest BCUT2D eigenvalue weighted by Gasteiger charge is -2.37. The van der Waals surface area contributed by atoms with Crippen molar-refractivity contribution in [1.29, 1.82) is 0 Å². The van der Waals surface area contributed by atoms with Crippen molar-refractivity contribution in [3.8, 4) is 0 Å². The zero-order valence-electron chi connectivity index (χ0n) is 10.1. The minimum Gasteiger partial charge on any atom is -0.286 e. The van der Waals surface area contributed by atoms with Crippen LogP contribution >= 0.6 is 0 Å². The predicted octanol–water partition coefficient (Wildman–Crippen LogP) is 2.01. The topological polar surface area (TPSA) is 6.48 Å². The number of hydrogen-bond donors (Lipinski definition) is 0. The highest BCUT2D eigenvalue weighted by atomic mass is 15.4. The summed E-state index contributed by atoms with van der Waals surface area (Å²) in [7, 11) is 4.47. The van der Waals surface area contributed by atoms with E-state index in [1.807, 2.05) is 0 Å². The van der Waals surface area contributed by atoms with Crippen molar-refractivity contribution in [2.75, 3.05) is 14.1 Å². The molecule has 13 heavy (non-hydrogen) atoms. The second kappa shape index (κ2) is 3.25. The van der Waals surface area contributed by atoms with Gasteiger partial charge in [-0.15, -0.1) is 0 Å².